The zero-order valence-electron chi connectivity index (χ0n) is 5.80. The van der Waals surface area contributed by atoms with Crippen LogP contribution in [0.2, 0.25) is 0 Å². The van der Waals surface area contributed by atoms with Crippen LogP contribution in [0.15, 0.2) is 0 Å². The normalized spacial score (nSPS) is 37.4. The van der Waals surface area contributed by atoms with Crippen molar-refractivity contribution in [2.24, 2.45) is 11.8 Å². The number of ketones is 1. The number of carbonyl (C=O) groups excluding carboxylic acids is 1. The second-order valence-corrected chi connectivity index (χ2v) is 3.13. The Labute approximate surface area is 66.8 Å². The van der Waals surface area contributed by atoms with E-state index < -0.39 is 0 Å². The molecule has 0 radical (unpaired) electrons. The molecule has 1 aliphatic heterocycles. The van der Waals surface area contributed by atoms with Gasteiger partial charge in [-0.05, 0) is 24.9 Å². The maximum absolute atomic E-state index is 10.8. The summed E-state index contributed by atoms with van der Waals surface area (Å²) in [5.41, 5.74) is 0. The van der Waals surface area contributed by atoms with Crippen LogP contribution in [0.4, 0.5) is 0 Å². The lowest BCUT2D eigenvalue weighted by Gasteiger charge is -2.01. The van der Waals surface area contributed by atoms with E-state index in [1.807, 2.05) is 0 Å². The molecule has 1 aliphatic carbocycles. The summed E-state index contributed by atoms with van der Waals surface area (Å²) < 4.78 is 0. The molecule has 2 rings (SSSR count). The number of nitrogens with one attached hydrogen (secondary N) is 1. The summed E-state index contributed by atoms with van der Waals surface area (Å²) in [5, 5.41) is 3.29. The Bertz CT molecular complexity index is 135. The van der Waals surface area contributed by atoms with Crippen molar-refractivity contribution in [1.29, 1.82) is 0 Å². The number of fused-ring (bicyclic) bond motifs is 1. The largest absolute Gasteiger partial charge is 0.316 e. The van der Waals surface area contributed by atoms with E-state index >= 15 is 0 Å². The summed E-state index contributed by atoms with van der Waals surface area (Å²) in [6.07, 6.45) is 1.69. The number of rotatable bonds is 0. The Hall–Kier alpha value is -0.0800. The number of hydrogen-bond donors (Lipinski definition) is 1. The number of carbonyl (C=O) groups is 1. The topological polar surface area (TPSA) is 29.1 Å². The molecular weight excluding hydrogens is 150 g/mol. The maximum Gasteiger partial charge on any atom is 0.133 e. The van der Waals surface area contributed by atoms with Gasteiger partial charge in [0.05, 0.1) is 0 Å². The maximum atomic E-state index is 10.8. The Kier molecular flexibility index (Phi) is 2.32. The Morgan fingerprint density at radius 1 is 1.20 bits per heavy atom. The van der Waals surface area contributed by atoms with E-state index in [-0.39, 0.29) is 12.4 Å². The molecule has 2 aliphatic rings. The van der Waals surface area contributed by atoms with Crippen LogP contribution >= 0.6 is 12.4 Å². The van der Waals surface area contributed by atoms with Gasteiger partial charge < -0.3 is 5.32 Å². The average molecular weight is 162 g/mol. The van der Waals surface area contributed by atoms with Crippen molar-refractivity contribution in [3.63, 3.8) is 0 Å². The van der Waals surface area contributed by atoms with Crippen LogP contribution in [-0.2, 0) is 4.79 Å². The third-order valence-corrected chi connectivity index (χ3v) is 2.46. The van der Waals surface area contributed by atoms with Crippen molar-refractivity contribution in [3.8, 4) is 0 Å². The lowest BCUT2D eigenvalue weighted by Crippen LogP contribution is -2.11. The molecule has 1 heterocycles. The fraction of sp³-hybridized carbons (Fsp3) is 0.857. The van der Waals surface area contributed by atoms with Crippen LogP contribution in [0.5, 0.6) is 0 Å². The lowest BCUT2D eigenvalue weighted by molar-refractivity contribution is -0.117. The SMILES string of the molecule is Cl.O=C1CC2CNCC2C1. The van der Waals surface area contributed by atoms with E-state index in [1.165, 1.54) is 0 Å². The number of hydrogen-bond acceptors (Lipinski definition) is 2. The van der Waals surface area contributed by atoms with E-state index in [4.69, 9.17) is 0 Å². The predicted molar refractivity (Wildman–Crippen MR) is 41.3 cm³/mol. The Morgan fingerprint density at radius 3 is 2.20 bits per heavy atom. The van der Waals surface area contributed by atoms with Crippen molar-refractivity contribution in [2.75, 3.05) is 13.1 Å². The zero-order valence-corrected chi connectivity index (χ0v) is 6.62. The van der Waals surface area contributed by atoms with E-state index in [2.05, 4.69) is 5.32 Å². The van der Waals surface area contributed by atoms with Crippen LogP contribution in [0.25, 0.3) is 0 Å². The standard InChI is InChI=1S/C7H11NO.ClH/c9-7-1-5-3-8-4-6(5)2-7;/h5-6,8H,1-4H2;1H. The molecule has 1 saturated heterocycles. The minimum Gasteiger partial charge on any atom is -0.316 e. The molecule has 0 aromatic rings. The highest BCUT2D eigenvalue weighted by Crippen LogP contribution is 2.31. The van der Waals surface area contributed by atoms with Gasteiger partial charge in [-0.25, -0.2) is 0 Å². The molecule has 3 heteroatoms. The van der Waals surface area contributed by atoms with Crippen molar-refractivity contribution in [2.45, 2.75) is 12.8 Å². The number of halogens is 1. The van der Waals surface area contributed by atoms with Gasteiger partial charge in [-0.2, -0.15) is 0 Å². The van der Waals surface area contributed by atoms with Gasteiger partial charge in [-0.3, -0.25) is 4.79 Å². The summed E-state index contributed by atoms with van der Waals surface area (Å²) in [5.74, 6) is 1.86. The van der Waals surface area contributed by atoms with E-state index in [1.54, 1.807) is 0 Å². The van der Waals surface area contributed by atoms with Gasteiger partial charge in [0.2, 0.25) is 0 Å². The van der Waals surface area contributed by atoms with E-state index in [0.29, 0.717) is 17.6 Å². The van der Waals surface area contributed by atoms with Crippen LogP contribution in [-0.4, -0.2) is 18.9 Å². The molecule has 2 unspecified atom stereocenters. The second kappa shape index (κ2) is 2.89. The molecule has 0 aromatic carbocycles. The highest BCUT2D eigenvalue weighted by atomic mass is 35.5. The van der Waals surface area contributed by atoms with Gasteiger partial charge in [0.25, 0.3) is 0 Å². The smallest absolute Gasteiger partial charge is 0.133 e. The summed E-state index contributed by atoms with van der Waals surface area (Å²) in [4.78, 5) is 10.8. The molecule has 2 atom stereocenters. The molecular formula is C7H12ClNO. The Morgan fingerprint density at radius 2 is 1.70 bits per heavy atom. The average Bonchev–Trinajstić information content (AvgIpc) is 2.22. The minimum absolute atomic E-state index is 0. The summed E-state index contributed by atoms with van der Waals surface area (Å²) in [6.45, 7) is 2.16. The van der Waals surface area contributed by atoms with E-state index in [9.17, 15) is 4.79 Å². The summed E-state index contributed by atoms with van der Waals surface area (Å²) >= 11 is 0. The molecule has 2 nitrogen and oxygen atoms in total. The van der Waals surface area contributed by atoms with Crippen LogP contribution in [0.3, 0.4) is 0 Å². The molecule has 10 heavy (non-hydrogen) atoms. The first-order valence-electron chi connectivity index (χ1n) is 3.58. The van der Waals surface area contributed by atoms with Gasteiger partial charge in [0.1, 0.15) is 5.78 Å². The van der Waals surface area contributed by atoms with Crippen LogP contribution in [0, 0.1) is 11.8 Å². The fourth-order valence-electron chi connectivity index (χ4n) is 1.93. The van der Waals surface area contributed by atoms with Crippen molar-refractivity contribution in [1.82, 2.24) is 5.32 Å². The van der Waals surface area contributed by atoms with Gasteiger partial charge in [-0.1, -0.05) is 0 Å². The van der Waals surface area contributed by atoms with Gasteiger partial charge in [0.15, 0.2) is 0 Å². The minimum atomic E-state index is 0. The quantitative estimate of drug-likeness (QED) is 0.564. The third-order valence-electron chi connectivity index (χ3n) is 2.46. The lowest BCUT2D eigenvalue weighted by atomic mass is 10.0. The molecule has 0 amide bonds. The van der Waals surface area contributed by atoms with Crippen LogP contribution in [0.1, 0.15) is 12.8 Å². The molecule has 58 valence electrons. The second-order valence-electron chi connectivity index (χ2n) is 3.13. The highest BCUT2D eigenvalue weighted by molar-refractivity contribution is 5.85. The van der Waals surface area contributed by atoms with Crippen molar-refractivity contribution >= 4 is 18.2 Å². The predicted octanol–water partition coefficient (Wildman–Crippen LogP) is 0.607. The van der Waals surface area contributed by atoms with E-state index in [0.717, 1.165) is 25.9 Å². The Balaban J connectivity index is 0.000000500. The zero-order chi connectivity index (χ0) is 6.27. The number of Topliss-reactive ketones (excluding diaryl/α,β-unsaturated/α-hetero) is 1. The fourth-order valence-corrected chi connectivity index (χ4v) is 1.93. The van der Waals surface area contributed by atoms with Crippen molar-refractivity contribution < 1.29 is 4.79 Å². The van der Waals surface area contributed by atoms with Gasteiger partial charge in [0, 0.05) is 12.8 Å². The van der Waals surface area contributed by atoms with Gasteiger partial charge in [-0.15, -0.1) is 12.4 Å². The third kappa shape index (κ3) is 1.18. The first kappa shape index (κ1) is 8.02. The first-order chi connectivity index (χ1) is 4.36. The first-order valence-corrected chi connectivity index (χ1v) is 3.58. The highest BCUT2D eigenvalue weighted by Gasteiger charge is 2.35. The van der Waals surface area contributed by atoms with Gasteiger partial charge >= 0.3 is 0 Å². The van der Waals surface area contributed by atoms with Crippen molar-refractivity contribution in [3.05, 3.63) is 0 Å². The molecule has 1 N–H and O–H groups in total. The molecule has 0 spiro atoms. The summed E-state index contributed by atoms with van der Waals surface area (Å²) in [7, 11) is 0. The van der Waals surface area contributed by atoms with Crippen LogP contribution < -0.4 is 5.32 Å². The monoisotopic (exact) mass is 161 g/mol. The molecule has 0 aromatic heterocycles. The summed E-state index contributed by atoms with van der Waals surface area (Å²) in [6, 6.07) is 0. The molecule has 2 fully saturated rings. The molecule has 1 saturated carbocycles. The molecule has 0 bridgehead atoms.